The van der Waals surface area contributed by atoms with Crippen LogP contribution >= 0.6 is 0 Å². The average molecular weight is 334 g/mol. The van der Waals surface area contributed by atoms with Crippen LogP contribution in [0, 0.1) is 0 Å². The summed E-state index contributed by atoms with van der Waals surface area (Å²) < 4.78 is 0. The molecule has 0 radical (unpaired) electrons. The van der Waals surface area contributed by atoms with Crippen LogP contribution in [0.15, 0.2) is 60.8 Å². The van der Waals surface area contributed by atoms with E-state index in [-0.39, 0.29) is 6.42 Å². The number of allylic oxidation sites excluding steroid dienone is 9. The minimum Gasteiger partial charge on any atom is -0.481 e. The van der Waals surface area contributed by atoms with Crippen LogP contribution in [0.2, 0.25) is 0 Å². The Hall–Kier alpha value is -1.91. The van der Waals surface area contributed by atoms with Crippen LogP contribution in [0.1, 0.15) is 51.9 Å². The molecule has 0 aliphatic rings. The summed E-state index contributed by atoms with van der Waals surface area (Å²) in [4.78, 5) is 14.7. The van der Waals surface area contributed by atoms with E-state index in [2.05, 4.69) is 48.3 Å². The molecule has 0 spiro atoms. The lowest BCUT2D eigenvalue weighted by Gasteiger charge is -2.06. The molecule has 0 heterocycles. The number of hydrogen-bond acceptors (Lipinski definition) is 3. The lowest BCUT2D eigenvalue weighted by atomic mass is 10.1. The molecule has 0 aromatic rings. The highest BCUT2D eigenvalue weighted by atomic mass is 17.1. The van der Waals surface area contributed by atoms with Gasteiger partial charge in [-0.05, 0) is 38.5 Å². The van der Waals surface area contributed by atoms with Crippen molar-refractivity contribution in [2.75, 3.05) is 0 Å². The lowest BCUT2D eigenvalue weighted by Crippen LogP contribution is -2.08. The van der Waals surface area contributed by atoms with E-state index in [0.717, 1.165) is 25.7 Å². The molecule has 0 aromatic carbocycles. The Kier molecular flexibility index (Phi) is 16.1. The van der Waals surface area contributed by atoms with E-state index >= 15 is 0 Å². The standard InChI is InChI=1S/C20H30O4/c1-2-3-4-5-6-7-8-9-10-11-12-13-14-16-19(24-23)17-15-18-20(21)22/h3-4,6-7,9-10,12-14,16,19,23H,2,5,8,11,15,17-18H2,1H3,(H,21,22)/b4-3-,7-6-,10-9-,13-12-,16-14+/t19-/m0/s1. The second kappa shape index (κ2) is 17.4. The topological polar surface area (TPSA) is 66.8 Å². The molecule has 0 unspecified atom stereocenters. The number of carbonyl (C=O) groups is 1. The summed E-state index contributed by atoms with van der Waals surface area (Å²) in [7, 11) is 0. The number of carboxylic acids is 1. The molecule has 0 saturated heterocycles. The summed E-state index contributed by atoms with van der Waals surface area (Å²) >= 11 is 0. The van der Waals surface area contributed by atoms with Crippen molar-refractivity contribution in [2.24, 2.45) is 0 Å². The van der Waals surface area contributed by atoms with Crippen LogP contribution in [0.25, 0.3) is 0 Å². The van der Waals surface area contributed by atoms with Crippen molar-refractivity contribution in [3.63, 3.8) is 0 Å². The van der Waals surface area contributed by atoms with Gasteiger partial charge in [0.05, 0.1) is 0 Å². The first-order valence-corrected chi connectivity index (χ1v) is 8.51. The molecule has 0 saturated carbocycles. The summed E-state index contributed by atoms with van der Waals surface area (Å²) in [6, 6.07) is 0. The number of hydrogen-bond donors (Lipinski definition) is 2. The van der Waals surface area contributed by atoms with Gasteiger partial charge in [0.15, 0.2) is 0 Å². The van der Waals surface area contributed by atoms with Gasteiger partial charge in [-0.1, -0.05) is 67.7 Å². The first kappa shape index (κ1) is 22.1. The summed E-state index contributed by atoms with van der Waals surface area (Å²) in [5.41, 5.74) is 0. The molecule has 134 valence electrons. The summed E-state index contributed by atoms with van der Waals surface area (Å²) in [5.74, 6) is -0.838. The van der Waals surface area contributed by atoms with Crippen molar-refractivity contribution in [2.45, 2.75) is 58.0 Å². The molecular weight excluding hydrogens is 304 g/mol. The molecule has 0 aliphatic carbocycles. The lowest BCUT2D eigenvalue weighted by molar-refractivity contribution is -0.267. The zero-order valence-corrected chi connectivity index (χ0v) is 14.5. The summed E-state index contributed by atoms with van der Waals surface area (Å²) in [6.07, 6.45) is 24.7. The zero-order chi connectivity index (χ0) is 17.9. The van der Waals surface area contributed by atoms with Crippen LogP contribution in [0.4, 0.5) is 0 Å². The minimum absolute atomic E-state index is 0.0810. The number of aliphatic carboxylic acids is 1. The Morgan fingerprint density at radius 3 is 2.08 bits per heavy atom. The van der Waals surface area contributed by atoms with Gasteiger partial charge in [-0.25, -0.2) is 4.89 Å². The van der Waals surface area contributed by atoms with Gasteiger partial charge in [0.1, 0.15) is 6.10 Å². The second-order valence-corrected chi connectivity index (χ2v) is 5.27. The van der Waals surface area contributed by atoms with Crippen LogP contribution in [-0.2, 0) is 9.68 Å². The molecular formula is C20H30O4. The van der Waals surface area contributed by atoms with E-state index in [4.69, 9.17) is 10.4 Å². The van der Waals surface area contributed by atoms with E-state index in [1.807, 2.05) is 12.2 Å². The van der Waals surface area contributed by atoms with Gasteiger partial charge < -0.3 is 5.11 Å². The Morgan fingerprint density at radius 2 is 1.54 bits per heavy atom. The molecule has 0 aromatic heterocycles. The van der Waals surface area contributed by atoms with E-state index in [0.29, 0.717) is 12.8 Å². The van der Waals surface area contributed by atoms with Gasteiger partial charge in [-0.2, -0.15) is 0 Å². The summed E-state index contributed by atoms with van der Waals surface area (Å²) in [5, 5.41) is 17.3. The molecule has 1 atom stereocenters. The predicted octanol–water partition coefficient (Wildman–Crippen LogP) is 5.46. The maximum atomic E-state index is 10.4. The third-order valence-electron chi connectivity index (χ3n) is 3.14. The maximum Gasteiger partial charge on any atom is 0.303 e. The van der Waals surface area contributed by atoms with Crippen molar-refractivity contribution >= 4 is 5.97 Å². The number of rotatable bonds is 14. The van der Waals surface area contributed by atoms with Crippen LogP contribution in [0.5, 0.6) is 0 Å². The molecule has 0 bridgehead atoms. The Morgan fingerprint density at radius 1 is 0.958 bits per heavy atom. The minimum atomic E-state index is -0.838. The molecule has 0 rings (SSSR count). The third kappa shape index (κ3) is 16.5. The molecule has 4 heteroatoms. The first-order valence-electron chi connectivity index (χ1n) is 8.51. The molecule has 0 amide bonds. The first-order chi connectivity index (χ1) is 11.7. The van der Waals surface area contributed by atoms with Crippen molar-refractivity contribution in [1.82, 2.24) is 0 Å². The molecule has 0 aliphatic heterocycles. The van der Waals surface area contributed by atoms with Crippen molar-refractivity contribution in [1.29, 1.82) is 0 Å². The SMILES string of the molecule is CC/C=C\C/C=C\C/C=C\C/C=C\C=C\[C@@H](CCCC(=O)O)OO. The largest absolute Gasteiger partial charge is 0.481 e. The fourth-order valence-corrected chi connectivity index (χ4v) is 1.87. The average Bonchev–Trinajstić information content (AvgIpc) is 2.57. The Balaban J connectivity index is 3.79. The maximum absolute atomic E-state index is 10.4. The highest BCUT2D eigenvalue weighted by Crippen LogP contribution is 2.06. The monoisotopic (exact) mass is 334 g/mol. The van der Waals surface area contributed by atoms with Crippen LogP contribution in [-0.4, -0.2) is 22.4 Å². The van der Waals surface area contributed by atoms with Gasteiger partial charge in [0.25, 0.3) is 0 Å². The van der Waals surface area contributed by atoms with Gasteiger partial charge in [-0.15, -0.1) is 0 Å². The normalized spacial score (nSPS) is 14.1. The van der Waals surface area contributed by atoms with E-state index in [1.165, 1.54) is 0 Å². The fourth-order valence-electron chi connectivity index (χ4n) is 1.87. The van der Waals surface area contributed by atoms with E-state index in [9.17, 15) is 4.79 Å². The smallest absolute Gasteiger partial charge is 0.303 e. The van der Waals surface area contributed by atoms with Gasteiger partial charge in [0.2, 0.25) is 0 Å². The van der Waals surface area contributed by atoms with Crippen molar-refractivity contribution in [3.05, 3.63) is 60.8 Å². The quantitative estimate of drug-likeness (QED) is 0.191. The van der Waals surface area contributed by atoms with Crippen molar-refractivity contribution < 1.29 is 20.0 Å². The van der Waals surface area contributed by atoms with Crippen molar-refractivity contribution in [3.8, 4) is 0 Å². The Bertz CT molecular complexity index is 445. The second-order valence-electron chi connectivity index (χ2n) is 5.27. The molecule has 2 N–H and O–H groups in total. The highest BCUT2D eigenvalue weighted by Gasteiger charge is 2.05. The highest BCUT2D eigenvalue weighted by molar-refractivity contribution is 5.66. The van der Waals surface area contributed by atoms with Gasteiger partial charge in [0, 0.05) is 6.42 Å². The van der Waals surface area contributed by atoms with E-state index < -0.39 is 12.1 Å². The molecule has 24 heavy (non-hydrogen) atoms. The third-order valence-corrected chi connectivity index (χ3v) is 3.14. The zero-order valence-electron chi connectivity index (χ0n) is 14.5. The van der Waals surface area contributed by atoms with Gasteiger partial charge >= 0.3 is 5.97 Å². The van der Waals surface area contributed by atoms with Crippen LogP contribution in [0.3, 0.4) is 0 Å². The number of carboxylic acid groups (broad SMARTS) is 1. The Labute approximate surface area is 145 Å². The molecule has 0 fully saturated rings. The van der Waals surface area contributed by atoms with Crippen LogP contribution < -0.4 is 0 Å². The van der Waals surface area contributed by atoms with E-state index in [1.54, 1.807) is 12.2 Å². The molecule has 4 nitrogen and oxygen atoms in total. The van der Waals surface area contributed by atoms with Gasteiger partial charge in [-0.3, -0.25) is 10.1 Å². The fraction of sp³-hybridized carbons (Fsp3) is 0.450. The predicted molar refractivity (Wildman–Crippen MR) is 98.8 cm³/mol. The summed E-state index contributed by atoms with van der Waals surface area (Å²) in [6.45, 7) is 2.13.